The SMILES string of the molecule is NC(=O)c1cccc(-c2ccc(C=O)c(C(F)(F)F)c2)c1. The number of benzene rings is 2. The highest BCUT2D eigenvalue weighted by Crippen LogP contribution is 2.34. The third kappa shape index (κ3) is 3.10. The summed E-state index contributed by atoms with van der Waals surface area (Å²) in [5.41, 5.74) is 4.55. The molecular weight excluding hydrogens is 283 g/mol. The maximum atomic E-state index is 12.9. The summed E-state index contributed by atoms with van der Waals surface area (Å²) in [5, 5.41) is 0. The first-order valence-electron chi connectivity index (χ1n) is 5.89. The zero-order valence-electron chi connectivity index (χ0n) is 10.6. The van der Waals surface area contributed by atoms with Crippen molar-refractivity contribution in [3.8, 4) is 11.1 Å². The number of carbonyl (C=O) groups excluding carboxylic acids is 2. The minimum atomic E-state index is -4.63. The van der Waals surface area contributed by atoms with Crippen molar-refractivity contribution in [2.75, 3.05) is 0 Å². The van der Waals surface area contributed by atoms with Crippen LogP contribution in [-0.4, -0.2) is 12.2 Å². The Labute approximate surface area is 118 Å². The molecule has 0 atom stereocenters. The topological polar surface area (TPSA) is 60.2 Å². The molecule has 21 heavy (non-hydrogen) atoms. The molecule has 0 bridgehead atoms. The average Bonchev–Trinajstić information content (AvgIpc) is 2.45. The van der Waals surface area contributed by atoms with Crippen molar-refractivity contribution >= 4 is 12.2 Å². The Morgan fingerprint density at radius 2 is 1.71 bits per heavy atom. The molecule has 2 aromatic carbocycles. The lowest BCUT2D eigenvalue weighted by molar-refractivity contribution is -0.137. The third-order valence-corrected chi connectivity index (χ3v) is 2.97. The molecule has 2 aromatic rings. The van der Waals surface area contributed by atoms with Gasteiger partial charge in [-0.1, -0.05) is 24.3 Å². The van der Waals surface area contributed by atoms with Crippen LogP contribution in [0.1, 0.15) is 26.3 Å². The van der Waals surface area contributed by atoms with E-state index in [9.17, 15) is 22.8 Å². The number of alkyl halides is 3. The van der Waals surface area contributed by atoms with Crippen molar-refractivity contribution in [2.45, 2.75) is 6.18 Å². The number of halogens is 3. The number of hydrogen-bond donors (Lipinski definition) is 1. The molecule has 0 aliphatic heterocycles. The summed E-state index contributed by atoms with van der Waals surface area (Å²) in [4.78, 5) is 21.8. The molecule has 3 nitrogen and oxygen atoms in total. The molecule has 1 amide bonds. The second-order valence-electron chi connectivity index (χ2n) is 4.36. The van der Waals surface area contributed by atoms with Gasteiger partial charge in [0.25, 0.3) is 0 Å². The average molecular weight is 293 g/mol. The minimum Gasteiger partial charge on any atom is -0.366 e. The van der Waals surface area contributed by atoms with E-state index in [-0.39, 0.29) is 17.4 Å². The maximum Gasteiger partial charge on any atom is 0.417 e. The number of rotatable bonds is 3. The van der Waals surface area contributed by atoms with E-state index in [1.807, 2.05) is 0 Å². The molecule has 0 fully saturated rings. The molecular formula is C15H10F3NO2. The van der Waals surface area contributed by atoms with E-state index in [0.29, 0.717) is 5.56 Å². The number of hydrogen-bond acceptors (Lipinski definition) is 2. The second kappa shape index (κ2) is 5.40. The van der Waals surface area contributed by atoms with E-state index in [2.05, 4.69) is 0 Å². The van der Waals surface area contributed by atoms with Crippen LogP contribution in [0.2, 0.25) is 0 Å². The van der Waals surface area contributed by atoms with Gasteiger partial charge in [0.2, 0.25) is 5.91 Å². The van der Waals surface area contributed by atoms with E-state index >= 15 is 0 Å². The summed E-state index contributed by atoms with van der Waals surface area (Å²) in [6, 6.07) is 9.32. The van der Waals surface area contributed by atoms with Gasteiger partial charge >= 0.3 is 6.18 Å². The van der Waals surface area contributed by atoms with Gasteiger partial charge in [0.1, 0.15) is 0 Å². The number of nitrogens with two attached hydrogens (primary N) is 1. The van der Waals surface area contributed by atoms with Crippen molar-refractivity contribution in [1.29, 1.82) is 0 Å². The number of carbonyl (C=O) groups is 2. The van der Waals surface area contributed by atoms with Crippen molar-refractivity contribution in [1.82, 2.24) is 0 Å². The zero-order chi connectivity index (χ0) is 15.6. The first kappa shape index (κ1) is 14.8. The predicted molar refractivity (Wildman–Crippen MR) is 70.8 cm³/mol. The van der Waals surface area contributed by atoms with Gasteiger partial charge in [-0.2, -0.15) is 13.2 Å². The highest BCUT2D eigenvalue weighted by atomic mass is 19.4. The van der Waals surface area contributed by atoms with Crippen molar-refractivity contribution in [3.63, 3.8) is 0 Å². The Bertz CT molecular complexity index is 708. The molecule has 0 unspecified atom stereocenters. The standard InChI is InChI=1S/C15H10F3NO2/c16-15(17,18)13-7-10(4-5-12(13)8-20)9-2-1-3-11(6-9)14(19)21/h1-8H,(H2,19,21). The van der Waals surface area contributed by atoms with Gasteiger partial charge in [0, 0.05) is 11.1 Å². The molecule has 0 saturated carbocycles. The highest BCUT2D eigenvalue weighted by Gasteiger charge is 2.33. The van der Waals surface area contributed by atoms with Gasteiger partial charge in [-0.15, -0.1) is 0 Å². The van der Waals surface area contributed by atoms with Crippen molar-refractivity contribution in [2.24, 2.45) is 5.73 Å². The molecule has 0 aliphatic carbocycles. The van der Waals surface area contributed by atoms with Crippen LogP contribution in [0.15, 0.2) is 42.5 Å². The monoisotopic (exact) mass is 293 g/mol. The maximum absolute atomic E-state index is 12.9. The molecule has 0 radical (unpaired) electrons. The largest absolute Gasteiger partial charge is 0.417 e. The Morgan fingerprint density at radius 1 is 1.05 bits per heavy atom. The number of primary amides is 1. The van der Waals surface area contributed by atoms with Crippen LogP contribution in [0.4, 0.5) is 13.2 Å². The van der Waals surface area contributed by atoms with E-state index in [4.69, 9.17) is 5.73 Å². The van der Waals surface area contributed by atoms with Gasteiger partial charge in [-0.05, 0) is 29.3 Å². The molecule has 0 heterocycles. The van der Waals surface area contributed by atoms with Crippen LogP contribution in [0, 0.1) is 0 Å². The number of aldehydes is 1. The lowest BCUT2D eigenvalue weighted by atomic mass is 9.98. The molecule has 0 spiro atoms. The molecule has 0 aliphatic rings. The Hall–Kier alpha value is -2.63. The summed E-state index contributed by atoms with van der Waals surface area (Å²) in [6.07, 6.45) is -4.47. The van der Waals surface area contributed by atoms with Crippen LogP contribution in [0.25, 0.3) is 11.1 Å². The zero-order valence-corrected chi connectivity index (χ0v) is 10.6. The second-order valence-corrected chi connectivity index (χ2v) is 4.36. The van der Waals surface area contributed by atoms with Gasteiger partial charge in [-0.25, -0.2) is 0 Å². The quantitative estimate of drug-likeness (QED) is 0.883. The summed E-state index contributed by atoms with van der Waals surface area (Å²) >= 11 is 0. The third-order valence-electron chi connectivity index (χ3n) is 2.97. The Balaban J connectivity index is 2.58. The molecule has 0 aromatic heterocycles. The number of amides is 1. The van der Waals surface area contributed by atoms with E-state index < -0.39 is 23.2 Å². The van der Waals surface area contributed by atoms with Crippen LogP contribution in [0.5, 0.6) is 0 Å². The van der Waals surface area contributed by atoms with Gasteiger partial charge in [0.05, 0.1) is 5.56 Å². The van der Waals surface area contributed by atoms with Crippen LogP contribution >= 0.6 is 0 Å². The fraction of sp³-hybridized carbons (Fsp3) is 0.0667. The van der Waals surface area contributed by atoms with E-state index in [1.165, 1.54) is 24.3 Å². The van der Waals surface area contributed by atoms with Crippen molar-refractivity contribution < 1.29 is 22.8 Å². The molecule has 2 N–H and O–H groups in total. The molecule has 6 heteroatoms. The molecule has 2 rings (SSSR count). The summed E-state index contributed by atoms with van der Waals surface area (Å²) < 4.78 is 38.7. The molecule has 108 valence electrons. The van der Waals surface area contributed by atoms with E-state index in [1.54, 1.807) is 6.07 Å². The van der Waals surface area contributed by atoms with Crippen molar-refractivity contribution in [3.05, 3.63) is 59.2 Å². The lowest BCUT2D eigenvalue weighted by Gasteiger charge is -2.12. The van der Waals surface area contributed by atoms with Crippen LogP contribution < -0.4 is 5.73 Å². The first-order chi connectivity index (χ1) is 9.82. The van der Waals surface area contributed by atoms with Crippen LogP contribution in [-0.2, 0) is 6.18 Å². The minimum absolute atomic E-state index is 0.159. The lowest BCUT2D eigenvalue weighted by Crippen LogP contribution is -2.11. The Morgan fingerprint density at radius 3 is 2.29 bits per heavy atom. The Kier molecular flexibility index (Phi) is 3.80. The fourth-order valence-electron chi connectivity index (χ4n) is 1.94. The van der Waals surface area contributed by atoms with E-state index in [0.717, 1.165) is 12.1 Å². The summed E-state index contributed by atoms with van der Waals surface area (Å²) in [7, 11) is 0. The normalized spacial score (nSPS) is 11.2. The summed E-state index contributed by atoms with van der Waals surface area (Å²) in [5.74, 6) is -0.669. The molecule has 0 saturated heterocycles. The summed E-state index contributed by atoms with van der Waals surface area (Å²) in [6.45, 7) is 0. The highest BCUT2D eigenvalue weighted by molar-refractivity contribution is 5.94. The smallest absolute Gasteiger partial charge is 0.366 e. The van der Waals surface area contributed by atoms with Crippen LogP contribution in [0.3, 0.4) is 0 Å². The van der Waals surface area contributed by atoms with Gasteiger partial charge in [0.15, 0.2) is 6.29 Å². The fourth-order valence-corrected chi connectivity index (χ4v) is 1.94. The predicted octanol–water partition coefficient (Wildman–Crippen LogP) is 3.28. The first-order valence-corrected chi connectivity index (χ1v) is 5.89. The van der Waals surface area contributed by atoms with Gasteiger partial charge in [-0.3, -0.25) is 9.59 Å². The van der Waals surface area contributed by atoms with Gasteiger partial charge < -0.3 is 5.73 Å².